The second kappa shape index (κ2) is 6.17. The number of ether oxygens (including phenoxy) is 3. The van der Waals surface area contributed by atoms with Crippen molar-refractivity contribution in [1.29, 1.82) is 0 Å². The van der Waals surface area contributed by atoms with Gasteiger partial charge in [0.2, 0.25) is 12.6 Å². The first-order chi connectivity index (χ1) is 13.3. The van der Waals surface area contributed by atoms with Gasteiger partial charge in [-0.2, -0.15) is 10.1 Å². The average molecular weight is 362 g/mol. The van der Waals surface area contributed by atoms with Gasteiger partial charge in [0.15, 0.2) is 11.5 Å². The zero-order chi connectivity index (χ0) is 18.2. The van der Waals surface area contributed by atoms with Crippen LogP contribution in [0.15, 0.2) is 53.1 Å². The minimum atomic E-state index is 0.220. The summed E-state index contributed by atoms with van der Waals surface area (Å²) >= 11 is 0. The number of methoxy groups -OCH3 is 1. The lowest BCUT2D eigenvalue weighted by atomic mass is 10.1. The van der Waals surface area contributed by atoms with E-state index in [1.165, 1.54) is 0 Å². The predicted octanol–water partition coefficient (Wildman–Crippen LogP) is 3.53. The van der Waals surface area contributed by atoms with Crippen LogP contribution >= 0.6 is 0 Å². The van der Waals surface area contributed by atoms with Crippen molar-refractivity contribution in [2.24, 2.45) is 0 Å². The first-order valence-corrected chi connectivity index (χ1v) is 8.24. The molecular weight excluding hydrogens is 348 g/mol. The van der Waals surface area contributed by atoms with Gasteiger partial charge in [-0.15, -0.1) is 0 Å². The van der Waals surface area contributed by atoms with Gasteiger partial charge in [-0.3, -0.25) is 5.10 Å². The Kier molecular flexibility index (Phi) is 3.53. The molecule has 8 heteroatoms. The van der Waals surface area contributed by atoms with E-state index in [1.54, 1.807) is 7.11 Å². The molecule has 0 atom stereocenters. The first-order valence-electron chi connectivity index (χ1n) is 8.24. The lowest BCUT2D eigenvalue weighted by Crippen LogP contribution is -1.92. The molecule has 0 spiro atoms. The van der Waals surface area contributed by atoms with Gasteiger partial charge in [-0.05, 0) is 36.4 Å². The number of H-pyrrole nitrogens is 1. The number of benzene rings is 2. The summed E-state index contributed by atoms with van der Waals surface area (Å²) in [6, 6.07) is 15.0. The molecule has 1 N–H and O–H groups in total. The van der Waals surface area contributed by atoms with Crippen LogP contribution in [0, 0.1) is 0 Å². The van der Waals surface area contributed by atoms with Crippen molar-refractivity contribution >= 4 is 0 Å². The first kappa shape index (κ1) is 15.4. The maximum atomic E-state index is 5.39. The summed E-state index contributed by atoms with van der Waals surface area (Å²) in [7, 11) is 1.63. The van der Waals surface area contributed by atoms with Crippen LogP contribution in [0.25, 0.3) is 34.2 Å². The van der Waals surface area contributed by atoms with Crippen molar-refractivity contribution in [3.05, 3.63) is 48.5 Å². The normalized spacial score (nSPS) is 12.3. The molecule has 0 aliphatic carbocycles. The molecule has 3 heterocycles. The van der Waals surface area contributed by atoms with Crippen molar-refractivity contribution in [2.45, 2.75) is 0 Å². The zero-order valence-corrected chi connectivity index (χ0v) is 14.3. The van der Waals surface area contributed by atoms with E-state index in [0.717, 1.165) is 22.6 Å². The Morgan fingerprint density at radius 3 is 2.85 bits per heavy atom. The van der Waals surface area contributed by atoms with Gasteiger partial charge < -0.3 is 18.7 Å². The van der Waals surface area contributed by atoms with E-state index in [2.05, 4.69) is 20.3 Å². The van der Waals surface area contributed by atoms with Crippen LogP contribution in [0.1, 0.15) is 0 Å². The number of hydrogen-bond acceptors (Lipinski definition) is 7. The molecule has 1 aliphatic heterocycles. The molecule has 0 bridgehead atoms. The van der Waals surface area contributed by atoms with Crippen LogP contribution in [-0.2, 0) is 0 Å². The molecule has 134 valence electrons. The standard InChI is InChI=1S/C19H14N4O4/c1-24-13-4-2-3-11(7-13)14-9-15(22-21-14)19-20-18(23-27-19)12-5-6-16-17(8-12)26-10-25-16/h2-9H,10H2,1H3,(H,21,22). The smallest absolute Gasteiger partial charge is 0.276 e. The fourth-order valence-corrected chi connectivity index (χ4v) is 2.85. The average Bonchev–Trinajstić information content (AvgIpc) is 3.47. The monoisotopic (exact) mass is 362 g/mol. The fraction of sp³-hybridized carbons (Fsp3) is 0.105. The van der Waals surface area contributed by atoms with E-state index in [4.69, 9.17) is 18.7 Å². The van der Waals surface area contributed by atoms with Crippen LogP contribution < -0.4 is 14.2 Å². The van der Waals surface area contributed by atoms with Gasteiger partial charge in [0.25, 0.3) is 5.89 Å². The van der Waals surface area contributed by atoms with Gasteiger partial charge in [0, 0.05) is 11.1 Å². The molecular formula is C19H14N4O4. The van der Waals surface area contributed by atoms with Gasteiger partial charge in [0.05, 0.1) is 12.8 Å². The number of nitrogens with zero attached hydrogens (tertiary/aromatic N) is 3. The Hall–Kier alpha value is -3.81. The van der Waals surface area contributed by atoms with E-state index in [9.17, 15) is 0 Å². The minimum Gasteiger partial charge on any atom is -0.497 e. The van der Waals surface area contributed by atoms with Crippen LogP contribution in [0.2, 0.25) is 0 Å². The molecule has 0 radical (unpaired) electrons. The minimum absolute atomic E-state index is 0.220. The van der Waals surface area contributed by atoms with Gasteiger partial charge in [0.1, 0.15) is 11.4 Å². The molecule has 0 unspecified atom stereocenters. The zero-order valence-electron chi connectivity index (χ0n) is 14.3. The molecule has 4 aromatic rings. The summed E-state index contributed by atoms with van der Waals surface area (Å²) in [5.74, 6) is 2.95. The lowest BCUT2D eigenvalue weighted by Gasteiger charge is -2.00. The SMILES string of the molecule is COc1cccc(-c2cc(-c3nc(-c4ccc5c(c4)OCO5)no3)[nH]n2)c1. The highest BCUT2D eigenvalue weighted by Crippen LogP contribution is 2.35. The summed E-state index contributed by atoms with van der Waals surface area (Å²) in [5.41, 5.74) is 3.09. The van der Waals surface area contributed by atoms with Crippen LogP contribution in [0.4, 0.5) is 0 Å². The highest BCUT2D eigenvalue weighted by molar-refractivity contribution is 5.67. The topological polar surface area (TPSA) is 95.3 Å². The van der Waals surface area contributed by atoms with Crippen LogP contribution in [0.5, 0.6) is 17.2 Å². The molecule has 0 saturated carbocycles. The lowest BCUT2D eigenvalue weighted by molar-refractivity contribution is 0.174. The molecule has 27 heavy (non-hydrogen) atoms. The highest BCUT2D eigenvalue weighted by atomic mass is 16.7. The van der Waals surface area contributed by atoms with Gasteiger partial charge >= 0.3 is 0 Å². The summed E-state index contributed by atoms with van der Waals surface area (Å²) in [4.78, 5) is 4.45. The van der Waals surface area contributed by atoms with Crippen LogP contribution in [-0.4, -0.2) is 34.2 Å². The van der Waals surface area contributed by atoms with E-state index < -0.39 is 0 Å². The van der Waals surface area contributed by atoms with Gasteiger partial charge in [-0.25, -0.2) is 0 Å². The van der Waals surface area contributed by atoms with E-state index in [1.807, 2.05) is 48.5 Å². The second-order valence-corrected chi connectivity index (χ2v) is 5.89. The van der Waals surface area contributed by atoms with Crippen molar-refractivity contribution < 1.29 is 18.7 Å². The summed E-state index contributed by atoms with van der Waals surface area (Å²) in [5, 5.41) is 11.3. The number of aromatic nitrogens is 4. The Morgan fingerprint density at radius 2 is 1.93 bits per heavy atom. The number of fused-ring (bicyclic) bond motifs is 1. The summed E-state index contributed by atoms with van der Waals surface area (Å²) < 4.78 is 21.3. The van der Waals surface area contributed by atoms with Crippen LogP contribution in [0.3, 0.4) is 0 Å². The predicted molar refractivity (Wildman–Crippen MR) is 95.4 cm³/mol. The molecule has 5 rings (SSSR count). The second-order valence-electron chi connectivity index (χ2n) is 5.89. The van der Waals surface area contributed by atoms with E-state index in [-0.39, 0.29) is 6.79 Å². The number of aromatic amines is 1. The third-order valence-corrected chi connectivity index (χ3v) is 4.23. The molecule has 2 aromatic heterocycles. The van der Waals surface area contributed by atoms with Crippen molar-refractivity contribution in [1.82, 2.24) is 20.3 Å². The van der Waals surface area contributed by atoms with Gasteiger partial charge in [-0.1, -0.05) is 17.3 Å². The van der Waals surface area contributed by atoms with E-state index >= 15 is 0 Å². The summed E-state index contributed by atoms with van der Waals surface area (Å²) in [6.07, 6.45) is 0. The third kappa shape index (κ3) is 2.77. The Labute approximate surface area is 153 Å². The molecule has 2 aromatic carbocycles. The molecule has 8 nitrogen and oxygen atoms in total. The number of hydrogen-bond donors (Lipinski definition) is 1. The molecule has 0 amide bonds. The van der Waals surface area contributed by atoms with Crippen molar-refractivity contribution in [3.63, 3.8) is 0 Å². The molecule has 0 saturated heterocycles. The quantitative estimate of drug-likeness (QED) is 0.593. The molecule has 1 aliphatic rings. The highest BCUT2D eigenvalue weighted by Gasteiger charge is 2.18. The largest absolute Gasteiger partial charge is 0.497 e. The van der Waals surface area contributed by atoms with Crippen molar-refractivity contribution in [3.8, 4) is 51.5 Å². The maximum absolute atomic E-state index is 5.39. The fourth-order valence-electron chi connectivity index (χ4n) is 2.85. The Morgan fingerprint density at radius 1 is 1.00 bits per heavy atom. The molecule has 0 fully saturated rings. The number of rotatable bonds is 4. The van der Waals surface area contributed by atoms with Crippen molar-refractivity contribution in [2.75, 3.05) is 13.9 Å². The Balaban J connectivity index is 1.44. The van der Waals surface area contributed by atoms with E-state index in [0.29, 0.717) is 28.9 Å². The Bertz CT molecular complexity index is 1120. The number of nitrogens with one attached hydrogen (secondary N) is 1. The maximum Gasteiger partial charge on any atom is 0.276 e. The third-order valence-electron chi connectivity index (χ3n) is 4.23. The summed E-state index contributed by atoms with van der Waals surface area (Å²) in [6.45, 7) is 0.220.